The maximum absolute atomic E-state index is 10.1. The normalized spacial score (nSPS) is 59.5. The molecule has 0 aromatic carbocycles. The van der Waals surface area contributed by atoms with Gasteiger partial charge in [-0.15, -0.1) is 0 Å². The number of epoxide rings is 1. The summed E-state index contributed by atoms with van der Waals surface area (Å²) in [6.07, 6.45) is 12.3. The van der Waals surface area contributed by atoms with Crippen molar-refractivity contribution < 1.29 is 9.84 Å². The summed E-state index contributed by atoms with van der Waals surface area (Å²) in [5, 5.41) is 10.1. The first-order valence-corrected chi connectivity index (χ1v) is 9.50. The largest absolute Gasteiger partial charge is 0.393 e. The van der Waals surface area contributed by atoms with E-state index in [9.17, 15) is 5.11 Å². The van der Waals surface area contributed by atoms with Gasteiger partial charge in [-0.1, -0.05) is 25.5 Å². The number of hydrogen-bond acceptors (Lipinski definition) is 2. The summed E-state index contributed by atoms with van der Waals surface area (Å²) < 4.78 is 6.01. The summed E-state index contributed by atoms with van der Waals surface area (Å²) in [5.41, 5.74) is 2.69. The van der Waals surface area contributed by atoms with Crippen molar-refractivity contribution in [1.29, 1.82) is 0 Å². The molecule has 2 heteroatoms. The second-order valence-electron chi connectivity index (χ2n) is 9.43. The van der Waals surface area contributed by atoms with Crippen LogP contribution in [0, 0.1) is 28.6 Å². The number of hydrogen-bond donors (Lipinski definition) is 1. The molecule has 0 unspecified atom stereocenters. The standard InChI is InChI=1S/C20H30O2/c1-18-8-5-14(21)11-13(18)3-4-15-16(18)6-9-19(2)17(15)7-10-20(19)12-22-20/h3,14-17,21H,4-12H2,1-2H3/t14-,15-,16+,17+,18-,19-,20+/m0/s1. The van der Waals surface area contributed by atoms with Gasteiger partial charge in [0, 0.05) is 5.41 Å². The zero-order valence-corrected chi connectivity index (χ0v) is 14.1. The number of fused-ring (bicyclic) bond motifs is 6. The van der Waals surface area contributed by atoms with Gasteiger partial charge >= 0.3 is 0 Å². The summed E-state index contributed by atoms with van der Waals surface area (Å²) in [6, 6.07) is 0. The van der Waals surface area contributed by atoms with E-state index >= 15 is 0 Å². The highest BCUT2D eigenvalue weighted by Crippen LogP contribution is 2.70. The molecule has 0 aromatic heterocycles. The predicted molar refractivity (Wildman–Crippen MR) is 86.4 cm³/mol. The van der Waals surface area contributed by atoms with Crippen molar-refractivity contribution in [2.24, 2.45) is 28.6 Å². The molecule has 1 aliphatic heterocycles. The van der Waals surface area contributed by atoms with Crippen LogP contribution in [0.5, 0.6) is 0 Å². The molecule has 4 aliphatic carbocycles. The van der Waals surface area contributed by atoms with E-state index < -0.39 is 0 Å². The summed E-state index contributed by atoms with van der Waals surface area (Å²) in [6.45, 7) is 6.09. The van der Waals surface area contributed by atoms with Crippen molar-refractivity contribution in [1.82, 2.24) is 0 Å². The number of rotatable bonds is 0. The average Bonchev–Trinajstić information content (AvgIpc) is 3.22. The molecule has 5 aliphatic rings. The van der Waals surface area contributed by atoms with Gasteiger partial charge in [-0.2, -0.15) is 0 Å². The SMILES string of the molecule is C[C@]12CC[C@H](O)CC1=CC[C@H]1[C@H]2CC[C@@]2(C)[C@@H]1CC[C@@]21CO1. The quantitative estimate of drug-likeness (QED) is 0.540. The topological polar surface area (TPSA) is 32.8 Å². The minimum absolute atomic E-state index is 0.0839. The molecule has 0 aromatic rings. The minimum atomic E-state index is -0.0839. The van der Waals surface area contributed by atoms with E-state index in [1.165, 1.54) is 38.5 Å². The Morgan fingerprint density at radius 2 is 1.86 bits per heavy atom. The average molecular weight is 302 g/mol. The molecule has 0 radical (unpaired) electrons. The summed E-state index contributed by atoms with van der Waals surface area (Å²) in [7, 11) is 0. The van der Waals surface area contributed by atoms with Gasteiger partial charge < -0.3 is 9.84 Å². The Morgan fingerprint density at radius 1 is 1.09 bits per heavy atom. The Bertz CT molecular complexity index is 534. The van der Waals surface area contributed by atoms with Crippen LogP contribution in [0.1, 0.15) is 65.2 Å². The first-order chi connectivity index (χ1) is 10.5. The number of allylic oxidation sites excluding steroid dienone is 1. The van der Waals surface area contributed by atoms with Gasteiger partial charge in [0.2, 0.25) is 0 Å². The van der Waals surface area contributed by atoms with Gasteiger partial charge in [-0.05, 0) is 74.5 Å². The fourth-order valence-electron chi connectivity index (χ4n) is 7.30. The molecule has 7 atom stereocenters. The van der Waals surface area contributed by atoms with Crippen LogP contribution in [0.2, 0.25) is 0 Å². The summed E-state index contributed by atoms with van der Waals surface area (Å²) in [4.78, 5) is 0. The molecule has 1 N–H and O–H groups in total. The third kappa shape index (κ3) is 1.54. The molecule has 4 fully saturated rings. The molecule has 2 nitrogen and oxygen atoms in total. The monoisotopic (exact) mass is 302 g/mol. The molecular weight excluding hydrogens is 272 g/mol. The second kappa shape index (κ2) is 4.19. The van der Waals surface area contributed by atoms with Crippen molar-refractivity contribution in [3.63, 3.8) is 0 Å². The molecule has 5 rings (SSSR count). The van der Waals surface area contributed by atoms with Crippen LogP contribution in [-0.2, 0) is 4.74 Å². The Morgan fingerprint density at radius 3 is 2.64 bits per heavy atom. The zero-order chi connectivity index (χ0) is 15.2. The van der Waals surface area contributed by atoms with Crippen molar-refractivity contribution in [3.05, 3.63) is 11.6 Å². The van der Waals surface area contributed by atoms with E-state index in [1.807, 2.05) is 0 Å². The van der Waals surface area contributed by atoms with Crippen molar-refractivity contribution >= 4 is 0 Å². The second-order valence-corrected chi connectivity index (χ2v) is 9.43. The fraction of sp³-hybridized carbons (Fsp3) is 0.900. The predicted octanol–water partition coefficient (Wildman–Crippen LogP) is 4.08. The molecule has 22 heavy (non-hydrogen) atoms. The van der Waals surface area contributed by atoms with Crippen molar-refractivity contribution in [2.45, 2.75) is 76.9 Å². The van der Waals surface area contributed by atoms with E-state index in [2.05, 4.69) is 19.9 Å². The lowest BCUT2D eigenvalue weighted by Gasteiger charge is -2.57. The van der Waals surface area contributed by atoms with Gasteiger partial charge in [-0.3, -0.25) is 0 Å². The van der Waals surface area contributed by atoms with Gasteiger partial charge in [0.05, 0.1) is 18.3 Å². The smallest absolute Gasteiger partial charge is 0.0972 e. The lowest BCUT2D eigenvalue weighted by atomic mass is 9.47. The van der Waals surface area contributed by atoms with Crippen LogP contribution in [0.25, 0.3) is 0 Å². The molecule has 1 saturated heterocycles. The Hall–Kier alpha value is -0.340. The third-order valence-electron chi connectivity index (χ3n) is 8.86. The number of aliphatic hydroxyl groups is 1. The maximum atomic E-state index is 10.1. The van der Waals surface area contributed by atoms with Gasteiger partial charge in [0.15, 0.2) is 0 Å². The Balaban J connectivity index is 1.51. The van der Waals surface area contributed by atoms with Gasteiger partial charge in [-0.25, -0.2) is 0 Å². The molecule has 122 valence electrons. The van der Waals surface area contributed by atoms with Crippen LogP contribution in [0.15, 0.2) is 11.6 Å². The molecule has 0 amide bonds. The highest BCUT2D eigenvalue weighted by molar-refractivity contribution is 5.27. The summed E-state index contributed by atoms with van der Waals surface area (Å²) in [5.74, 6) is 2.59. The number of ether oxygens (including phenoxy) is 1. The van der Waals surface area contributed by atoms with Crippen LogP contribution >= 0.6 is 0 Å². The lowest BCUT2D eigenvalue weighted by molar-refractivity contribution is -0.0556. The fourth-order valence-corrected chi connectivity index (χ4v) is 7.30. The van der Waals surface area contributed by atoms with Crippen LogP contribution in [-0.4, -0.2) is 23.4 Å². The maximum Gasteiger partial charge on any atom is 0.0972 e. The lowest BCUT2D eigenvalue weighted by Crippen LogP contribution is -2.51. The Kier molecular flexibility index (Phi) is 2.67. The number of aliphatic hydroxyl groups excluding tert-OH is 1. The molecule has 1 spiro atoms. The van der Waals surface area contributed by atoms with E-state index in [0.717, 1.165) is 37.2 Å². The van der Waals surface area contributed by atoms with Gasteiger partial charge in [0.25, 0.3) is 0 Å². The zero-order valence-electron chi connectivity index (χ0n) is 14.1. The molecule has 3 saturated carbocycles. The van der Waals surface area contributed by atoms with Gasteiger partial charge in [0.1, 0.15) is 0 Å². The van der Waals surface area contributed by atoms with Crippen molar-refractivity contribution in [3.8, 4) is 0 Å². The molecular formula is C20H30O2. The molecule has 1 heterocycles. The summed E-state index contributed by atoms with van der Waals surface area (Å²) >= 11 is 0. The highest BCUT2D eigenvalue weighted by Gasteiger charge is 2.69. The third-order valence-corrected chi connectivity index (χ3v) is 8.86. The minimum Gasteiger partial charge on any atom is -0.393 e. The van der Waals surface area contributed by atoms with Crippen LogP contribution < -0.4 is 0 Å². The van der Waals surface area contributed by atoms with E-state index in [4.69, 9.17) is 4.74 Å². The first-order valence-electron chi connectivity index (χ1n) is 9.50. The van der Waals surface area contributed by atoms with E-state index in [-0.39, 0.29) is 11.7 Å². The first kappa shape index (κ1) is 14.0. The van der Waals surface area contributed by atoms with Crippen LogP contribution in [0.4, 0.5) is 0 Å². The van der Waals surface area contributed by atoms with E-state index in [1.54, 1.807) is 5.57 Å². The highest BCUT2D eigenvalue weighted by atomic mass is 16.6. The van der Waals surface area contributed by atoms with Crippen LogP contribution in [0.3, 0.4) is 0 Å². The molecule has 0 bridgehead atoms. The van der Waals surface area contributed by atoms with E-state index in [0.29, 0.717) is 10.8 Å². The van der Waals surface area contributed by atoms with Crippen molar-refractivity contribution in [2.75, 3.05) is 6.61 Å². The Labute approximate surface area is 134 Å².